The van der Waals surface area contributed by atoms with Gasteiger partial charge in [0.05, 0.1) is 5.60 Å². The van der Waals surface area contributed by atoms with Gasteiger partial charge in [-0.05, 0) is 66.0 Å². The van der Waals surface area contributed by atoms with Crippen molar-refractivity contribution in [2.75, 3.05) is 26.2 Å². The van der Waals surface area contributed by atoms with Gasteiger partial charge < -0.3 is 15.0 Å². The fraction of sp³-hybridized carbons (Fsp3) is 1.00. The summed E-state index contributed by atoms with van der Waals surface area (Å²) in [7, 11) is 0. The first kappa shape index (κ1) is 14.3. The summed E-state index contributed by atoms with van der Waals surface area (Å²) in [5.41, 5.74) is 0.0650. The fourth-order valence-corrected chi connectivity index (χ4v) is 3.24. The average molecular weight is 254 g/mol. The van der Waals surface area contributed by atoms with E-state index in [0.717, 1.165) is 18.9 Å². The SMILES string of the molecule is CC(C)N1CCC(CNC2CCOC(C)(C)C2)C1. The molecule has 3 heteroatoms. The first-order valence-electron chi connectivity index (χ1n) is 7.58. The molecule has 2 aliphatic rings. The summed E-state index contributed by atoms with van der Waals surface area (Å²) in [6.45, 7) is 13.7. The second kappa shape index (κ2) is 5.89. The van der Waals surface area contributed by atoms with E-state index in [0.29, 0.717) is 12.1 Å². The van der Waals surface area contributed by atoms with Crippen LogP contribution >= 0.6 is 0 Å². The van der Waals surface area contributed by atoms with Gasteiger partial charge in [0.2, 0.25) is 0 Å². The van der Waals surface area contributed by atoms with Crippen LogP contribution in [-0.2, 0) is 4.74 Å². The van der Waals surface area contributed by atoms with E-state index in [2.05, 4.69) is 37.9 Å². The Labute approximate surface area is 112 Å². The Hall–Kier alpha value is -0.120. The highest BCUT2D eigenvalue weighted by atomic mass is 16.5. The van der Waals surface area contributed by atoms with E-state index in [1.54, 1.807) is 0 Å². The minimum absolute atomic E-state index is 0.0650. The van der Waals surface area contributed by atoms with Crippen LogP contribution in [0.2, 0.25) is 0 Å². The molecule has 0 bridgehead atoms. The largest absolute Gasteiger partial charge is 0.375 e. The number of nitrogens with zero attached hydrogens (tertiary/aromatic N) is 1. The molecular formula is C15H30N2O. The molecular weight excluding hydrogens is 224 g/mol. The molecule has 2 unspecified atom stereocenters. The van der Waals surface area contributed by atoms with Crippen LogP contribution < -0.4 is 5.32 Å². The molecule has 0 aliphatic carbocycles. The molecule has 0 amide bonds. The highest BCUT2D eigenvalue weighted by molar-refractivity contribution is 4.85. The molecule has 0 aromatic carbocycles. The van der Waals surface area contributed by atoms with E-state index < -0.39 is 0 Å². The topological polar surface area (TPSA) is 24.5 Å². The second-order valence-electron chi connectivity index (χ2n) is 6.95. The summed E-state index contributed by atoms with van der Waals surface area (Å²) >= 11 is 0. The lowest BCUT2D eigenvalue weighted by Crippen LogP contribution is -2.45. The minimum Gasteiger partial charge on any atom is -0.375 e. The maximum atomic E-state index is 5.77. The maximum absolute atomic E-state index is 5.77. The summed E-state index contributed by atoms with van der Waals surface area (Å²) in [4.78, 5) is 2.60. The molecule has 2 atom stereocenters. The first-order chi connectivity index (χ1) is 8.46. The molecule has 2 fully saturated rings. The summed E-state index contributed by atoms with van der Waals surface area (Å²) in [6, 6.07) is 1.36. The van der Waals surface area contributed by atoms with E-state index >= 15 is 0 Å². The van der Waals surface area contributed by atoms with Crippen LogP contribution in [0.3, 0.4) is 0 Å². The molecule has 0 aromatic heterocycles. The van der Waals surface area contributed by atoms with Gasteiger partial charge in [-0.25, -0.2) is 0 Å². The summed E-state index contributed by atoms with van der Waals surface area (Å²) in [6.07, 6.45) is 3.68. The Kier molecular flexibility index (Phi) is 4.68. The predicted molar refractivity (Wildman–Crippen MR) is 75.9 cm³/mol. The minimum atomic E-state index is 0.0650. The van der Waals surface area contributed by atoms with Crippen LogP contribution in [0.4, 0.5) is 0 Å². The zero-order chi connectivity index (χ0) is 13.2. The van der Waals surface area contributed by atoms with Crippen LogP contribution in [-0.4, -0.2) is 48.8 Å². The van der Waals surface area contributed by atoms with Gasteiger partial charge in [-0.1, -0.05) is 0 Å². The average Bonchev–Trinajstić information content (AvgIpc) is 2.74. The Morgan fingerprint density at radius 3 is 2.72 bits per heavy atom. The first-order valence-corrected chi connectivity index (χ1v) is 7.58. The summed E-state index contributed by atoms with van der Waals surface area (Å²) < 4.78 is 5.77. The highest BCUT2D eigenvalue weighted by Gasteiger charge is 2.30. The van der Waals surface area contributed by atoms with Gasteiger partial charge in [0, 0.05) is 25.2 Å². The van der Waals surface area contributed by atoms with Gasteiger partial charge >= 0.3 is 0 Å². The van der Waals surface area contributed by atoms with Crippen LogP contribution in [0.25, 0.3) is 0 Å². The molecule has 2 heterocycles. The van der Waals surface area contributed by atoms with Crippen molar-refractivity contribution in [2.45, 2.75) is 64.6 Å². The monoisotopic (exact) mass is 254 g/mol. The van der Waals surface area contributed by atoms with E-state index in [9.17, 15) is 0 Å². The Balaban J connectivity index is 1.69. The number of rotatable bonds is 4. The zero-order valence-corrected chi connectivity index (χ0v) is 12.5. The van der Waals surface area contributed by atoms with Crippen molar-refractivity contribution in [1.82, 2.24) is 10.2 Å². The third kappa shape index (κ3) is 3.94. The van der Waals surface area contributed by atoms with Gasteiger partial charge in [0.25, 0.3) is 0 Å². The van der Waals surface area contributed by atoms with Gasteiger partial charge in [-0.2, -0.15) is 0 Å². The fourth-order valence-electron chi connectivity index (χ4n) is 3.24. The van der Waals surface area contributed by atoms with E-state index in [-0.39, 0.29) is 5.60 Å². The number of likely N-dealkylation sites (tertiary alicyclic amines) is 1. The van der Waals surface area contributed by atoms with E-state index in [1.807, 2.05) is 0 Å². The smallest absolute Gasteiger partial charge is 0.0641 e. The van der Waals surface area contributed by atoms with Gasteiger partial charge in [0.1, 0.15) is 0 Å². The number of hydrogen-bond acceptors (Lipinski definition) is 3. The van der Waals surface area contributed by atoms with Crippen LogP contribution in [0.5, 0.6) is 0 Å². The van der Waals surface area contributed by atoms with Crippen LogP contribution in [0.15, 0.2) is 0 Å². The predicted octanol–water partition coefficient (Wildman–Crippen LogP) is 2.26. The van der Waals surface area contributed by atoms with E-state index in [4.69, 9.17) is 4.74 Å². The van der Waals surface area contributed by atoms with Crippen molar-refractivity contribution in [3.05, 3.63) is 0 Å². The molecule has 0 aromatic rings. The maximum Gasteiger partial charge on any atom is 0.0641 e. The molecule has 2 rings (SSSR count). The molecule has 106 valence electrons. The lowest BCUT2D eigenvalue weighted by molar-refractivity contribution is -0.0631. The Morgan fingerprint density at radius 1 is 1.33 bits per heavy atom. The molecule has 0 radical (unpaired) electrons. The quantitative estimate of drug-likeness (QED) is 0.833. The molecule has 2 saturated heterocycles. The molecule has 0 spiro atoms. The molecule has 3 nitrogen and oxygen atoms in total. The summed E-state index contributed by atoms with van der Waals surface area (Å²) in [5, 5.41) is 3.77. The van der Waals surface area contributed by atoms with Crippen LogP contribution in [0.1, 0.15) is 47.0 Å². The zero-order valence-electron chi connectivity index (χ0n) is 12.5. The second-order valence-corrected chi connectivity index (χ2v) is 6.95. The third-order valence-electron chi connectivity index (χ3n) is 4.44. The van der Waals surface area contributed by atoms with Crippen molar-refractivity contribution in [3.8, 4) is 0 Å². The van der Waals surface area contributed by atoms with Gasteiger partial charge in [-0.15, -0.1) is 0 Å². The van der Waals surface area contributed by atoms with Gasteiger partial charge in [0.15, 0.2) is 0 Å². The van der Waals surface area contributed by atoms with Crippen molar-refractivity contribution in [3.63, 3.8) is 0 Å². The standard InChI is InChI=1S/C15H30N2O/c1-12(2)17-7-5-13(11-17)10-16-14-6-8-18-15(3,4)9-14/h12-14,16H,5-11H2,1-4H3. The summed E-state index contributed by atoms with van der Waals surface area (Å²) in [5.74, 6) is 0.846. The normalized spacial score (nSPS) is 33.2. The number of nitrogens with one attached hydrogen (secondary N) is 1. The third-order valence-corrected chi connectivity index (χ3v) is 4.44. The van der Waals surface area contributed by atoms with E-state index in [1.165, 1.54) is 32.5 Å². The number of ether oxygens (including phenoxy) is 1. The van der Waals surface area contributed by atoms with Gasteiger partial charge in [-0.3, -0.25) is 0 Å². The molecule has 1 N–H and O–H groups in total. The van der Waals surface area contributed by atoms with Crippen molar-refractivity contribution in [2.24, 2.45) is 5.92 Å². The van der Waals surface area contributed by atoms with Crippen molar-refractivity contribution < 1.29 is 4.74 Å². The lowest BCUT2D eigenvalue weighted by Gasteiger charge is -2.36. The van der Waals surface area contributed by atoms with Crippen molar-refractivity contribution >= 4 is 0 Å². The highest BCUT2D eigenvalue weighted by Crippen LogP contribution is 2.24. The number of hydrogen-bond donors (Lipinski definition) is 1. The molecule has 2 aliphatic heterocycles. The van der Waals surface area contributed by atoms with Crippen molar-refractivity contribution in [1.29, 1.82) is 0 Å². The molecule has 18 heavy (non-hydrogen) atoms. The van der Waals surface area contributed by atoms with Crippen LogP contribution in [0, 0.1) is 5.92 Å². The Bertz CT molecular complexity index is 265. The molecule has 0 saturated carbocycles. The lowest BCUT2D eigenvalue weighted by atomic mass is 9.93. The Morgan fingerprint density at radius 2 is 2.11 bits per heavy atom.